The van der Waals surface area contributed by atoms with Crippen molar-refractivity contribution in [1.29, 1.82) is 0 Å². The molecule has 0 bridgehead atoms. The Morgan fingerprint density at radius 1 is 1.00 bits per heavy atom. The molecule has 0 radical (unpaired) electrons. The van der Waals surface area contributed by atoms with Crippen LogP contribution in [0, 0.1) is 0 Å². The molecule has 3 rings (SSSR count). The lowest BCUT2D eigenvalue weighted by molar-refractivity contribution is 0.0827. The van der Waals surface area contributed by atoms with Crippen LogP contribution in [-0.4, -0.2) is 40.6 Å². The number of hydrogen-bond donors (Lipinski definition) is 1. The van der Waals surface area contributed by atoms with E-state index < -0.39 is 0 Å². The molecule has 25 heavy (non-hydrogen) atoms. The zero-order valence-corrected chi connectivity index (χ0v) is 14.0. The average Bonchev–Trinajstić information content (AvgIpc) is 3.16. The summed E-state index contributed by atoms with van der Waals surface area (Å²) in [4.78, 5) is 25.9. The minimum atomic E-state index is -0.235. The Morgan fingerprint density at radius 3 is 2.40 bits per heavy atom. The van der Waals surface area contributed by atoms with Crippen LogP contribution in [0.5, 0.6) is 0 Å². The van der Waals surface area contributed by atoms with Crippen molar-refractivity contribution in [3.05, 3.63) is 78.1 Å². The van der Waals surface area contributed by atoms with Crippen LogP contribution in [0.15, 0.2) is 67.0 Å². The van der Waals surface area contributed by atoms with Crippen LogP contribution in [0.4, 0.5) is 5.69 Å². The second-order valence-electron chi connectivity index (χ2n) is 5.73. The van der Waals surface area contributed by atoms with Gasteiger partial charge in [-0.05, 0) is 48.5 Å². The van der Waals surface area contributed by atoms with Gasteiger partial charge in [0.2, 0.25) is 0 Å². The molecule has 6 heteroatoms. The second kappa shape index (κ2) is 7.00. The standard InChI is InChI=1S/C19H18N4O2/c1-22(2)19(25)15-5-3-6-16(13-15)21-18(24)14-7-9-17(10-8-14)23-12-4-11-20-23/h3-13H,1-2H3,(H,21,24). The topological polar surface area (TPSA) is 67.2 Å². The van der Waals surface area contributed by atoms with Crippen molar-refractivity contribution >= 4 is 17.5 Å². The van der Waals surface area contributed by atoms with E-state index >= 15 is 0 Å². The van der Waals surface area contributed by atoms with E-state index in [1.807, 2.05) is 24.4 Å². The van der Waals surface area contributed by atoms with E-state index in [1.165, 1.54) is 4.90 Å². The first-order chi connectivity index (χ1) is 12.0. The molecule has 0 aliphatic rings. The molecule has 0 aliphatic carbocycles. The summed E-state index contributed by atoms with van der Waals surface area (Å²) in [6, 6.07) is 15.8. The summed E-state index contributed by atoms with van der Waals surface area (Å²) in [5.74, 6) is -0.346. The SMILES string of the molecule is CN(C)C(=O)c1cccc(NC(=O)c2ccc(-n3cccn3)cc2)c1. The van der Waals surface area contributed by atoms with Crippen molar-refractivity contribution < 1.29 is 9.59 Å². The van der Waals surface area contributed by atoms with Gasteiger partial charge in [0, 0.05) is 43.3 Å². The molecule has 6 nitrogen and oxygen atoms in total. The highest BCUT2D eigenvalue weighted by atomic mass is 16.2. The average molecular weight is 334 g/mol. The first-order valence-electron chi connectivity index (χ1n) is 7.78. The minimum absolute atomic E-state index is 0.111. The zero-order chi connectivity index (χ0) is 17.8. The third-order valence-electron chi connectivity index (χ3n) is 3.67. The molecule has 0 saturated carbocycles. The van der Waals surface area contributed by atoms with Crippen LogP contribution in [0.1, 0.15) is 20.7 Å². The van der Waals surface area contributed by atoms with Gasteiger partial charge < -0.3 is 10.2 Å². The number of nitrogens with one attached hydrogen (secondary N) is 1. The third kappa shape index (κ3) is 3.74. The first-order valence-corrected chi connectivity index (χ1v) is 7.78. The van der Waals surface area contributed by atoms with Gasteiger partial charge in [-0.15, -0.1) is 0 Å². The van der Waals surface area contributed by atoms with Gasteiger partial charge in [0.15, 0.2) is 0 Å². The lowest BCUT2D eigenvalue weighted by Gasteiger charge is -2.12. The fourth-order valence-electron chi connectivity index (χ4n) is 2.38. The summed E-state index contributed by atoms with van der Waals surface area (Å²) < 4.78 is 1.72. The van der Waals surface area contributed by atoms with Gasteiger partial charge in [-0.1, -0.05) is 6.07 Å². The molecule has 2 aromatic carbocycles. The van der Waals surface area contributed by atoms with Crippen LogP contribution in [0.3, 0.4) is 0 Å². The Hall–Kier alpha value is -3.41. The van der Waals surface area contributed by atoms with E-state index in [0.717, 1.165) is 5.69 Å². The molecule has 0 unspecified atom stereocenters. The molecular formula is C19H18N4O2. The number of nitrogens with zero attached hydrogens (tertiary/aromatic N) is 3. The van der Waals surface area contributed by atoms with Crippen LogP contribution in [0.25, 0.3) is 5.69 Å². The minimum Gasteiger partial charge on any atom is -0.345 e. The molecule has 3 aromatic rings. The Kier molecular flexibility index (Phi) is 4.61. The number of amides is 2. The summed E-state index contributed by atoms with van der Waals surface area (Å²) in [6.07, 6.45) is 3.53. The van der Waals surface area contributed by atoms with Crippen molar-refractivity contribution in [3.8, 4) is 5.69 Å². The lowest BCUT2D eigenvalue weighted by Crippen LogP contribution is -2.22. The van der Waals surface area contributed by atoms with Crippen LogP contribution < -0.4 is 5.32 Å². The number of anilines is 1. The van der Waals surface area contributed by atoms with E-state index in [-0.39, 0.29) is 11.8 Å². The molecule has 0 fully saturated rings. The number of rotatable bonds is 4. The molecule has 0 spiro atoms. The maximum atomic E-state index is 12.4. The van der Waals surface area contributed by atoms with Crippen molar-refractivity contribution in [1.82, 2.24) is 14.7 Å². The molecule has 0 atom stereocenters. The number of carbonyl (C=O) groups is 2. The molecule has 0 saturated heterocycles. The van der Waals surface area contributed by atoms with Crippen molar-refractivity contribution in [2.75, 3.05) is 19.4 Å². The van der Waals surface area contributed by atoms with Gasteiger partial charge in [0.1, 0.15) is 0 Å². The van der Waals surface area contributed by atoms with Crippen LogP contribution >= 0.6 is 0 Å². The molecule has 0 aliphatic heterocycles. The lowest BCUT2D eigenvalue weighted by atomic mass is 10.1. The summed E-state index contributed by atoms with van der Waals surface area (Å²) in [6.45, 7) is 0. The fraction of sp³-hybridized carbons (Fsp3) is 0.105. The molecule has 126 valence electrons. The monoisotopic (exact) mass is 334 g/mol. The van der Waals surface area contributed by atoms with Crippen LogP contribution in [0.2, 0.25) is 0 Å². The quantitative estimate of drug-likeness (QED) is 0.798. The van der Waals surface area contributed by atoms with E-state index in [2.05, 4.69) is 10.4 Å². The van der Waals surface area contributed by atoms with Gasteiger partial charge >= 0.3 is 0 Å². The molecule has 1 heterocycles. The number of hydrogen-bond acceptors (Lipinski definition) is 3. The van der Waals surface area contributed by atoms with Gasteiger partial charge in [-0.2, -0.15) is 5.10 Å². The Morgan fingerprint density at radius 2 is 1.76 bits per heavy atom. The van der Waals surface area contributed by atoms with Gasteiger partial charge in [-0.3, -0.25) is 9.59 Å². The number of carbonyl (C=O) groups excluding carboxylic acids is 2. The summed E-state index contributed by atoms with van der Waals surface area (Å²) in [5, 5.41) is 6.96. The van der Waals surface area contributed by atoms with Crippen molar-refractivity contribution in [3.63, 3.8) is 0 Å². The Bertz CT molecular complexity index is 884. The van der Waals surface area contributed by atoms with E-state index in [4.69, 9.17) is 0 Å². The maximum Gasteiger partial charge on any atom is 0.255 e. The van der Waals surface area contributed by atoms with Crippen molar-refractivity contribution in [2.24, 2.45) is 0 Å². The van der Waals surface area contributed by atoms with Gasteiger partial charge in [0.25, 0.3) is 11.8 Å². The fourth-order valence-corrected chi connectivity index (χ4v) is 2.38. The maximum absolute atomic E-state index is 12.4. The van der Waals surface area contributed by atoms with Gasteiger partial charge in [0.05, 0.1) is 5.69 Å². The molecule has 1 aromatic heterocycles. The smallest absolute Gasteiger partial charge is 0.255 e. The molecular weight excluding hydrogens is 316 g/mol. The first kappa shape index (κ1) is 16.4. The van der Waals surface area contributed by atoms with Crippen molar-refractivity contribution in [2.45, 2.75) is 0 Å². The predicted molar refractivity (Wildman–Crippen MR) is 96.0 cm³/mol. The highest BCUT2D eigenvalue weighted by Gasteiger charge is 2.11. The molecule has 2 amide bonds. The number of aromatic nitrogens is 2. The highest BCUT2D eigenvalue weighted by molar-refractivity contribution is 6.05. The summed E-state index contributed by atoms with van der Waals surface area (Å²) in [7, 11) is 3.38. The Labute approximate surface area is 145 Å². The molecule has 1 N–H and O–H groups in total. The summed E-state index contributed by atoms with van der Waals surface area (Å²) in [5.41, 5.74) is 2.51. The van der Waals surface area contributed by atoms with Crippen LogP contribution in [-0.2, 0) is 0 Å². The summed E-state index contributed by atoms with van der Waals surface area (Å²) >= 11 is 0. The van der Waals surface area contributed by atoms with E-state index in [1.54, 1.807) is 61.4 Å². The van der Waals surface area contributed by atoms with E-state index in [9.17, 15) is 9.59 Å². The third-order valence-corrected chi connectivity index (χ3v) is 3.67. The normalized spacial score (nSPS) is 10.3. The van der Waals surface area contributed by atoms with E-state index in [0.29, 0.717) is 16.8 Å². The zero-order valence-electron chi connectivity index (χ0n) is 14.0. The second-order valence-corrected chi connectivity index (χ2v) is 5.73. The predicted octanol–water partition coefficient (Wildman–Crippen LogP) is 2.83. The highest BCUT2D eigenvalue weighted by Crippen LogP contribution is 2.15. The van der Waals surface area contributed by atoms with Gasteiger partial charge in [-0.25, -0.2) is 4.68 Å². The largest absolute Gasteiger partial charge is 0.345 e. The number of benzene rings is 2. The Balaban J connectivity index is 1.74.